The molecule has 1 N–H and O–H groups in total. The maximum absolute atomic E-state index is 12.8. The molecule has 0 radical (unpaired) electrons. The molecule has 24 heavy (non-hydrogen) atoms. The third-order valence-electron chi connectivity index (χ3n) is 4.46. The average molecular weight is 331 g/mol. The summed E-state index contributed by atoms with van der Waals surface area (Å²) in [4.78, 5) is 38.5. The first-order valence-corrected chi connectivity index (χ1v) is 7.73. The fourth-order valence-electron chi connectivity index (χ4n) is 3.29. The Kier molecular flexibility index (Phi) is 4.18. The second kappa shape index (κ2) is 6.16. The Hall–Kier alpha value is -2.55. The number of likely N-dealkylation sites (tertiary alicyclic amines) is 1. The first kappa shape index (κ1) is 16.3. The number of rotatable bonds is 4. The van der Waals surface area contributed by atoms with Crippen molar-refractivity contribution in [3.63, 3.8) is 0 Å². The minimum Gasteiger partial charge on any atom is -0.481 e. The van der Waals surface area contributed by atoms with E-state index in [1.54, 1.807) is 6.92 Å². The van der Waals surface area contributed by atoms with E-state index in [0.29, 0.717) is 18.9 Å². The van der Waals surface area contributed by atoms with Crippen molar-refractivity contribution in [3.8, 4) is 0 Å². The summed E-state index contributed by atoms with van der Waals surface area (Å²) in [5, 5.41) is 24.3. The van der Waals surface area contributed by atoms with E-state index in [1.807, 2.05) is 4.90 Å². The van der Waals surface area contributed by atoms with Crippen LogP contribution in [0.1, 0.15) is 37.3 Å². The highest BCUT2D eigenvalue weighted by molar-refractivity contribution is 6.29. The van der Waals surface area contributed by atoms with E-state index in [-0.39, 0.29) is 23.6 Å². The predicted octanol–water partition coefficient (Wildman–Crippen LogP) is -0.190. The SMILES string of the molecule is Cc1nnc(C2=CC(=O)C(CC(=O)O)(N3CCCC3)CC2=O)nn1. The standard InChI is InChI=1S/C15H17N5O4/c1-9-16-18-14(19-17-9)10-6-12(22)15(7-11(10)21,8-13(23)24)20-4-2-3-5-20/h6H,2-5,7-8H2,1H3,(H,23,24). The van der Waals surface area contributed by atoms with Crippen LogP contribution in [0.15, 0.2) is 6.08 Å². The lowest BCUT2D eigenvalue weighted by Crippen LogP contribution is -2.57. The summed E-state index contributed by atoms with van der Waals surface area (Å²) in [7, 11) is 0. The molecule has 1 aromatic heterocycles. The number of nitrogens with zero attached hydrogens (tertiary/aromatic N) is 5. The van der Waals surface area contributed by atoms with Crippen LogP contribution >= 0.6 is 0 Å². The number of aryl methyl sites for hydroxylation is 1. The third-order valence-corrected chi connectivity index (χ3v) is 4.46. The van der Waals surface area contributed by atoms with E-state index in [2.05, 4.69) is 20.4 Å². The van der Waals surface area contributed by atoms with Crippen LogP contribution in [0.5, 0.6) is 0 Å². The van der Waals surface area contributed by atoms with Crippen LogP contribution in [0.25, 0.3) is 5.57 Å². The molecule has 3 rings (SSSR count). The number of aliphatic carboxylic acids is 1. The van der Waals surface area contributed by atoms with Gasteiger partial charge in [0.25, 0.3) is 0 Å². The van der Waals surface area contributed by atoms with Crippen LogP contribution in [-0.4, -0.2) is 66.6 Å². The summed E-state index contributed by atoms with van der Waals surface area (Å²) >= 11 is 0. The second-order valence-electron chi connectivity index (χ2n) is 6.09. The zero-order valence-electron chi connectivity index (χ0n) is 13.2. The van der Waals surface area contributed by atoms with E-state index in [1.165, 1.54) is 0 Å². The number of Topliss-reactive ketones (excluding diaryl/α,β-unsaturated/α-hetero) is 1. The summed E-state index contributed by atoms with van der Waals surface area (Å²) < 4.78 is 0. The number of allylic oxidation sites excluding steroid dienone is 1. The lowest BCUT2D eigenvalue weighted by Gasteiger charge is -2.40. The van der Waals surface area contributed by atoms with Crippen LogP contribution in [0.3, 0.4) is 0 Å². The molecule has 0 amide bonds. The monoisotopic (exact) mass is 331 g/mol. The van der Waals surface area contributed by atoms with Gasteiger partial charge in [0.05, 0.1) is 12.0 Å². The van der Waals surface area contributed by atoms with Gasteiger partial charge in [-0.15, -0.1) is 20.4 Å². The summed E-state index contributed by atoms with van der Waals surface area (Å²) in [6.45, 7) is 2.83. The quantitative estimate of drug-likeness (QED) is 0.798. The molecular formula is C15H17N5O4. The average Bonchev–Trinajstić information content (AvgIpc) is 3.06. The van der Waals surface area contributed by atoms with Crippen LogP contribution in [0.4, 0.5) is 0 Å². The number of ketones is 2. The van der Waals surface area contributed by atoms with Crippen molar-refractivity contribution in [2.24, 2.45) is 0 Å². The third kappa shape index (κ3) is 2.82. The molecule has 1 unspecified atom stereocenters. The topological polar surface area (TPSA) is 126 Å². The highest BCUT2D eigenvalue weighted by Crippen LogP contribution is 2.36. The second-order valence-corrected chi connectivity index (χ2v) is 6.09. The Bertz CT molecular complexity index is 724. The zero-order valence-corrected chi connectivity index (χ0v) is 13.2. The molecule has 126 valence electrons. The molecule has 9 heteroatoms. The fraction of sp³-hybridized carbons (Fsp3) is 0.533. The largest absolute Gasteiger partial charge is 0.481 e. The summed E-state index contributed by atoms with van der Waals surface area (Å²) in [6.07, 6.45) is 2.33. The number of aromatic nitrogens is 4. The highest BCUT2D eigenvalue weighted by atomic mass is 16.4. The summed E-state index contributed by atoms with van der Waals surface area (Å²) in [6, 6.07) is 0. The number of carbonyl (C=O) groups is 3. The molecule has 0 bridgehead atoms. The van der Waals surface area contributed by atoms with E-state index in [0.717, 1.165) is 18.9 Å². The molecule has 1 atom stereocenters. The molecule has 0 spiro atoms. The van der Waals surface area contributed by atoms with Gasteiger partial charge in [0.2, 0.25) is 5.82 Å². The van der Waals surface area contributed by atoms with Crippen molar-refractivity contribution >= 4 is 23.1 Å². The van der Waals surface area contributed by atoms with Crippen molar-refractivity contribution in [2.75, 3.05) is 13.1 Å². The van der Waals surface area contributed by atoms with Crippen LogP contribution < -0.4 is 0 Å². The Balaban J connectivity index is 1.99. The van der Waals surface area contributed by atoms with Gasteiger partial charge in [-0.05, 0) is 38.9 Å². The van der Waals surface area contributed by atoms with Gasteiger partial charge < -0.3 is 5.11 Å². The lowest BCUT2D eigenvalue weighted by molar-refractivity contribution is -0.146. The molecular weight excluding hydrogens is 314 g/mol. The van der Waals surface area contributed by atoms with Crippen LogP contribution in [0.2, 0.25) is 0 Å². The normalized spacial score (nSPS) is 25.0. The van der Waals surface area contributed by atoms with Gasteiger partial charge in [0, 0.05) is 6.42 Å². The van der Waals surface area contributed by atoms with Crippen molar-refractivity contribution in [2.45, 2.75) is 38.1 Å². The van der Waals surface area contributed by atoms with Crippen LogP contribution in [0, 0.1) is 6.92 Å². The predicted molar refractivity (Wildman–Crippen MR) is 80.8 cm³/mol. The minimum atomic E-state index is -1.31. The molecule has 9 nitrogen and oxygen atoms in total. The van der Waals surface area contributed by atoms with E-state index < -0.39 is 23.7 Å². The van der Waals surface area contributed by atoms with Gasteiger partial charge in [0.15, 0.2) is 17.4 Å². The van der Waals surface area contributed by atoms with Crippen LogP contribution in [-0.2, 0) is 14.4 Å². The van der Waals surface area contributed by atoms with Gasteiger partial charge in [-0.25, -0.2) is 0 Å². The Morgan fingerprint density at radius 3 is 2.42 bits per heavy atom. The Labute approximate surface area is 137 Å². The summed E-state index contributed by atoms with van der Waals surface area (Å²) in [5.41, 5.74) is -1.27. The van der Waals surface area contributed by atoms with Crippen molar-refractivity contribution in [3.05, 3.63) is 17.7 Å². The smallest absolute Gasteiger partial charge is 0.305 e. The number of carboxylic acid groups (broad SMARTS) is 1. The van der Waals surface area contributed by atoms with Gasteiger partial charge in [-0.1, -0.05) is 0 Å². The molecule has 1 aromatic rings. The van der Waals surface area contributed by atoms with E-state index in [4.69, 9.17) is 0 Å². The first-order chi connectivity index (χ1) is 11.4. The Morgan fingerprint density at radius 1 is 1.21 bits per heavy atom. The van der Waals surface area contributed by atoms with E-state index >= 15 is 0 Å². The molecule has 2 aliphatic rings. The zero-order chi connectivity index (χ0) is 17.3. The number of carbonyl (C=O) groups excluding carboxylic acids is 2. The molecule has 1 aliphatic heterocycles. The van der Waals surface area contributed by atoms with Gasteiger partial charge in [-0.3, -0.25) is 19.3 Å². The first-order valence-electron chi connectivity index (χ1n) is 7.73. The fourth-order valence-corrected chi connectivity index (χ4v) is 3.29. The number of carboxylic acids is 1. The number of hydrogen-bond donors (Lipinski definition) is 1. The maximum Gasteiger partial charge on any atom is 0.305 e. The van der Waals surface area contributed by atoms with Crippen molar-refractivity contribution < 1.29 is 19.5 Å². The van der Waals surface area contributed by atoms with Gasteiger partial charge >= 0.3 is 5.97 Å². The molecule has 1 saturated heterocycles. The molecule has 0 aromatic carbocycles. The van der Waals surface area contributed by atoms with Gasteiger partial charge in [-0.2, -0.15) is 0 Å². The molecule has 1 fully saturated rings. The summed E-state index contributed by atoms with van der Waals surface area (Å²) in [5.74, 6) is -1.52. The molecule has 2 heterocycles. The Morgan fingerprint density at radius 2 is 1.83 bits per heavy atom. The van der Waals surface area contributed by atoms with Crippen molar-refractivity contribution in [1.29, 1.82) is 0 Å². The van der Waals surface area contributed by atoms with Crippen molar-refractivity contribution in [1.82, 2.24) is 25.3 Å². The number of hydrogen-bond acceptors (Lipinski definition) is 8. The highest BCUT2D eigenvalue weighted by Gasteiger charge is 2.50. The minimum absolute atomic E-state index is 0.00991. The van der Waals surface area contributed by atoms with Gasteiger partial charge in [0.1, 0.15) is 5.54 Å². The maximum atomic E-state index is 12.8. The van der Waals surface area contributed by atoms with E-state index in [9.17, 15) is 19.5 Å². The molecule has 1 aliphatic carbocycles. The molecule has 0 saturated carbocycles. The lowest BCUT2D eigenvalue weighted by atomic mass is 9.76.